The van der Waals surface area contributed by atoms with E-state index in [1.165, 1.54) is 12.1 Å². The summed E-state index contributed by atoms with van der Waals surface area (Å²) in [6.07, 6.45) is 6.19. The SMILES string of the molecule is COCCn1cncc1CN1CCC[C@@H](c2n[nH]c(C)n2)C1. The lowest BCUT2D eigenvalue weighted by molar-refractivity contribution is 0.176. The van der Waals surface area contributed by atoms with Crippen LogP contribution in [0.3, 0.4) is 0 Å². The van der Waals surface area contributed by atoms with Crippen molar-refractivity contribution in [2.45, 2.75) is 38.8 Å². The van der Waals surface area contributed by atoms with E-state index in [2.05, 4.69) is 29.6 Å². The number of piperidine rings is 1. The average molecular weight is 304 g/mol. The fraction of sp³-hybridized carbons (Fsp3) is 0.667. The number of hydrogen-bond acceptors (Lipinski definition) is 5. The first-order valence-electron chi connectivity index (χ1n) is 7.85. The molecular weight excluding hydrogens is 280 g/mol. The van der Waals surface area contributed by atoms with Crippen LogP contribution in [0, 0.1) is 6.92 Å². The molecule has 0 amide bonds. The Kier molecular flexibility index (Phi) is 4.84. The molecule has 7 nitrogen and oxygen atoms in total. The minimum Gasteiger partial charge on any atom is -0.383 e. The van der Waals surface area contributed by atoms with E-state index in [0.29, 0.717) is 12.5 Å². The van der Waals surface area contributed by atoms with Gasteiger partial charge in [0.05, 0.1) is 18.6 Å². The predicted molar refractivity (Wildman–Crippen MR) is 82.5 cm³/mol. The quantitative estimate of drug-likeness (QED) is 0.872. The third-order valence-corrected chi connectivity index (χ3v) is 4.21. The molecule has 120 valence electrons. The number of nitrogens with zero attached hydrogens (tertiary/aromatic N) is 5. The normalized spacial score (nSPS) is 19.6. The van der Waals surface area contributed by atoms with E-state index >= 15 is 0 Å². The van der Waals surface area contributed by atoms with E-state index in [4.69, 9.17) is 4.74 Å². The van der Waals surface area contributed by atoms with E-state index in [1.807, 2.05) is 19.4 Å². The lowest BCUT2D eigenvalue weighted by Crippen LogP contribution is -2.35. The maximum atomic E-state index is 5.16. The number of nitrogens with one attached hydrogen (secondary N) is 1. The van der Waals surface area contributed by atoms with E-state index in [-0.39, 0.29) is 0 Å². The van der Waals surface area contributed by atoms with E-state index < -0.39 is 0 Å². The van der Waals surface area contributed by atoms with Crippen LogP contribution >= 0.6 is 0 Å². The summed E-state index contributed by atoms with van der Waals surface area (Å²) >= 11 is 0. The molecule has 7 heteroatoms. The summed E-state index contributed by atoms with van der Waals surface area (Å²) in [4.78, 5) is 11.2. The second-order valence-electron chi connectivity index (χ2n) is 5.92. The van der Waals surface area contributed by atoms with Crippen molar-refractivity contribution in [3.63, 3.8) is 0 Å². The lowest BCUT2D eigenvalue weighted by atomic mass is 9.97. The molecule has 3 rings (SSSR count). The van der Waals surface area contributed by atoms with Gasteiger partial charge in [-0.3, -0.25) is 10.00 Å². The van der Waals surface area contributed by atoms with Gasteiger partial charge in [-0.1, -0.05) is 0 Å². The lowest BCUT2D eigenvalue weighted by Gasteiger charge is -2.31. The average Bonchev–Trinajstić information content (AvgIpc) is 3.15. The topological polar surface area (TPSA) is 71.9 Å². The van der Waals surface area contributed by atoms with Crippen LogP contribution in [0.5, 0.6) is 0 Å². The van der Waals surface area contributed by atoms with Crippen molar-refractivity contribution in [2.24, 2.45) is 0 Å². The highest BCUT2D eigenvalue weighted by Crippen LogP contribution is 2.25. The van der Waals surface area contributed by atoms with Crippen molar-refractivity contribution in [2.75, 3.05) is 26.8 Å². The standard InChI is InChI=1S/C15H24N6O/c1-12-17-15(19-18-12)13-4-3-5-20(9-13)10-14-8-16-11-21(14)6-7-22-2/h8,11,13H,3-7,9-10H2,1-2H3,(H,17,18,19)/t13-/m1/s1. The molecule has 0 saturated carbocycles. The molecule has 0 bridgehead atoms. The molecule has 0 aliphatic carbocycles. The van der Waals surface area contributed by atoms with Gasteiger partial charge in [0.1, 0.15) is 5.82 Å². The summed E-state index contributed by atoms with van der Waals surface area (Å²) in [7, 11) is 1.73. The number of methoxy groups -OCH3 is 1. The molecule has 2 aromatic heterocycles. The first-order valence-corrected chi connectivity index (χ1v) is 7.85. The molecule has 2 aromatic rings. The number of ether oxygens (including phenoxy) is 1. The van der Waals surface area contributed by atoms with Crippen LogP contribution in [-0.4, -0.2) is 56.4 Å². The molecule has 1 aliphatic rings. The monoisotopic (exact) mass is 304 g/mol. The Morgan fingerprint density at radius 2 is 2.36 bits per heavy atom. The molecule has 0 aromatic carbocycles. The van der Waals surface area contributed by atoms with Gasteiger partial charge >= 0.3 is 0 Å². The van der Waals surface area contributed by atoms with Gasteiger partial charge in [0, 0.05) is 38.9 Å². The molecule has 1 saturated heterocycles. The zero-order valence-corrected chi connectivity index (χ0v) is 13.3. The Bertz CT molecular complexity index is 592. The number of hydrogen-bond donors (Lipinski definition) is 1. The molecule has 1 fully saturated rings. The second kappa shape index (κ2) is 7.02. The summed E-state index contributed by atoms with van der Waals surface area (Å²) < 4.78 is 7.33. The summed E-state index contributed by atoms with van der Waals surface area (Å²) in [6, 6.07) is 0. The Labute approximate surface area is 130 Å². The first kappa shape index (κ1) is 15.2. The van der Waals surface area contributed by atoms with Gasteiger partial charge < -0.3 is 9.30 Å². The van der Waals surface area contributed by atoms with Gasteiger partial charge in [-0.05, 0) is 26.3 Å². The fourth-order valence-corrected chi connectivity index (χ4v) is 3.05. The maximum Gasteiger partial charge on any atom is 0.155 e. The van der Waals surface area contributed by atoms with E-state index in [1.54, 1.807) is 7.11 Å². The Morgan fingerprint density at radius 3 is 3.14 bits per heavy atom. The highest BCUT2D eigenvalue weighted by atomic mass is 16.5. The van der Waals surface area contributed by atoms with Gasteiger partial charge in [0.2, 0.25) is 0 Å². The zero-order chi connectivity index (χ0) is 15.4. The van der Waals surface area contributed by atoms with E-state index in [0.717, 1.165) is 44.2 Å². The van der Waals surface area contributed by atoms with E-state index in [9.17, 15) is 0 Å². The third kappa shape index (κ3) is 3.53. The highest BCUT2D eigenvalue weighted by Gasteiger charge is 2.24. The number of aromatic nitrogens is 5. The third-order valence-electron chi connectivity index (χ3n) is 4.21. The summed E-state index contributed by atoms with van der Waals surface area (Å²) in [5, 5.41) is 7.28. The van der Waals surface area contributed by atoms with Gasteiger partial charge in [-0.25, -0.2) is 9.97 Å². The fourth-order valence-electron chi connectivity index (χ4n) is 3.05. The molecule has 22 heavy (non-hydrogen) atoms. The Hall–Kier alpha value is -1.73. The second-order valence-corrected chi connectivity index (χ2v) is 5.92. The van der Waals surface area contributed by atoms with Crippen molar-refractivity contribution in [1.29, 1.82) is 0 Å². The number of aromatic amines is 1. The molecule has 3 heterocycles. The van der Waals surface area contributed by atoms with Gasteiger partial charge in [0.25, 0.3) is 0 Å². The molecule has 1 aliphatic heterocycles. The van der Waals surface area contributed by atoms with Gasteiger partial charge in [-0.2, -0.15) is 5.10 Å². The van der Waals surface area contributed by atoms with Crippen LogP contribution in [0.25, 0.3) is 0 Å². The van der Waals surface area contributed by atoms with Crippen molar-refractivity contribution in [3.05, 3.63) is 29.9 Å². The van der Waals surface area contributed by atoms with Gasteiger partial charge in [0.15, 0.2) is 5.82 Å². The number of H-pyrrole nitrogens is 1. The van der Waals surface area contributed by atoms with Crippen LogP contribution in [0.2, 0.25) is 0 Å². The van der Waals surface area contributed by atoms with Crippen molar-refractivity contribution in [1.82, 2.24) is 29.6 Å². The summed E-state index contributed by atoms with van der Waals surface area (Å²) in [6.45, 7) is 6.56. The number of imidazole rings is 1. The molecule has 1 N–H and O–H groups in total. The molecule has 0 spiro atoms. The van der Waals surface area contributed by atoms with Crippen LogP contribution in [0.1, 0.15) is 36.1 Å². The minimum absolute atomic E-state index is 0.425. The predicted octanol–water partition coefficient (Wildman–Crippen LogP) is 1.34. The number of aryl methyl sites for hydroxylation is 1. The van der Waals surface area contributed by atoms with Crippen LogP contribution in [0.15, 0.2) is 12.5 Å². The van der Waals surface area contributed by atoms with Gasteiger partial charge in [-0.15, -0.1) is 0 Å². The largest absolute Gasteiger partial charge is 0.383 e. The van der Waals surface area contributed by atoms with Crippen molar-refractivity contribution < 1.29 is 4.74 Å². The molecule has 0 radical (unpaired) electrons. The zero-order valence-electron chi connectivity index (χ0n) is 13.3. The maximum absolute atomic E-state index is 5.16. The minimum atomic E-state index is 0.425. The smallest absolute Gasteiger partial charge is 0.155 e. The summed E-state index contributed by atoms with van der Waals surface area (Å²) in [5.41, 5.74) is 1.24. The van der Waals surface area contributed by atoms with Crippen LogP contribution in [-0.2, 0) is 17.8 Å². The molecule has 0 unspecified atom stereocenters. The molecule has 1 atom stereocenters. The van der Waals surface area contributed by atoms with Crippen molar-refractivity contribution in [3.8, 4) is 0 Å². The summed E-state index contributed by atoms with van der Waals surface area (Å²) in [5.74, 6) is 2.27. The number of rotatable bonds is 6. The van der Waals surface area contributed by atoms with Crippen LogP contribution < -0.4 is 0 Å². The Balaban J connectivity index is 1.62. The van der Waals surface area contributed by atoms with Crippen molar-refractivity contribution >= 4 is 0 Å². The highest BCUT2D eigenvalue weighted by molar-refractivity contribution is 5.03. The molecular formula is C15H24N6O. The number of likely N-dealkylation sites (tertiary alicyclic amines) is 1. The first-order chi connectivity index (χ1) is 10.8. The Morgan fingerprint density at radius 1 is 1.45 bits per heavy atom. The van der Waals surface area contributed by atoms with Crippen LogP contribution in [0.4, 0.5) is 0 Å².